The van der Waals surface area contributed by atoms with Crippen LogP contribution in [0.3, 0.4) is 0 Å². The monoisotopic (exact) mass is 546 g/mol. The number of hydrogen-bond donors (Lipinski definition) is 0. The average Bonchev–Trinajstić information content (AvgIpc) is 2.81. The summed E-state index contributed by atoms with van der Waals surface area (Å²) in [6.45, 7) is 2.32. The van der Waals surface area contributed by atoms with Crippen molar-refractivity contribution in [2.24, 2.45) is 5.92 Å². The van der Waals surface area contributed by atoms with Crippen LogP contribution in [0.2, 0.25) is 15.1 Å². The van der Waals surface area contributed by atoms with Crippen LogP contribution in [0.1, 0.15) is 25.3 Å². The highest BCUT2D eigenvalue weighted by atomic mass is 35.5. The number of hydrogen-bond acceptors (Lipinski definition) is 5. The fraction of sp³-hybridized carbons (Fsp3) is 0.391. The van der Waals surface area contributed by atoms with Crippen molar-refractivity contribution >= 4 is 56.7 Å². The molecule has 0 aliphatic carbocycles. The largest absolute Gasteiger partial charge is 0.466 e. The lowest BCUT2D eigenvalue weighted by molar-refractivity contribution is -0.151. The minimum absolute atomic E-state index is 0.0192. The number of amides is 1. The molecule has 11 heteroatoms. The topological polar surface area (TPSA) is 84.0 Å². The molecule has 3 rings (SSSR count). The Labute approximate surface area is 214 Å². The molecule has 0 radical (unpaired) electrons. The van der Waals surface area contributed by atoms with Gasteiger partial charge in [0.25, 0.3) is 0 Å². The van der Waals surface area contributed by atoms with Gasteiger partial charge in [0.2, 0.25) is 15.9 Å². The van der Waals surface area contributed by atoms with E-state index in [-0.39, 0.29) is 40.8 Å². The third kappa shape index (κ3) is 6.64. The lowest BCUT2D eigenvalue weighted by Crippen LogP contribution is -2.46. The van der Waals surface area contributed by atoms with E-state index >= 15 is 0 Å². The van der Waals surface area contributed by atoms with E-state index in [0.29, 0.717) is 48.1 Å². The molecule has 1 aliphatic rings. The normalized spacial score (nSPS) is 14.9. The molecule has 0 N–H and O–H groups in total. The van der Waals surface area contributed by atoms with E-state index in [1.807, 2.05) is 0 Å². The Morgan fingerprint density at radius 1 is 1.03 bits per heavy atom. The molecule has 1 heterocycles. The number of likely N-dealkylation sites (tertiary alicyclic amines) is 1. The molecular formula is C23H25Cl3N2O5S. The molecular weight excluding hydrogens is 523 g/mol. The predicted octanol–water partition coefficient (Wildman–Crippen LogP) is 4.64. The first-order valence-corrected chi connectivity index (χ1v) is 13.3. The van der Waals surface area contributed by atoms with E-state index in [2.05, 4.69) is 0 Å². The van der Waals surface area contributed by atoms with Crippen LogP contribution in [-0.4, -0.2) is 55.7 Å². The maximum atomic E-state index is 13.4. The highest BCUT2D eigenvalue weighted by Gasteiger charge is 2.32. The standard InChI is InChI=1S/C23H25Cl3N2O5S/c1-2-33-23(30)17-9-11-27(12-10-17)22(29)15-28(14-16-3-8-20(25)21(26)13-16)34(31,32)19-6-4-18(24)5-7-19/h3-8,13,17H,2,9-12,14-15H2,1H3. The van der Waals surface area contributed by atoms with Crippen molar-refractivity contribution in [2.75, 3.05) is 26.2 Å². The maximum Gasteiger partial charge on any atom is 0.309 e. The molecule has 0 bridgehead atoms. The van der Waals surface area contributed by atoms with Gasteiger partial charge in [0.1, 0.15) is 0 Å². The molecule has 0 aromatic heterocycles. The molecule has 0 spiro atoms. The highest BCUT2D eigenvalue weighted by molar-refractivity contribution is 7.89. The van der Waals surface area contributed by atoms with Gasteiger partial charge in [-0.1, -0.05) is 40.9 Å². The second kappa shape index (κ2) is 11.7. The maximum absolute atomic E-state index is 13.4. The Morgan fingerprint density at radius 3 is 2.26 bits per heavy atom. The van der Waals surface area contributed by atoms with Crippen LogP contribution in [0.5, 0.6) is 0 Å². The third-order valence-electron chi connectivity index (χ3n) is 5.57. The van der Waals surface area contributed by atoms with Gasteiger partial charge in [0.05, 0.1) is 34.0 Å². The van der Waals surface area contributed by atoms with Crippen LogP contribution in [0, 0.1) is 5.92 Å². The first-order chi connectivity index (χ1) is 16.1. The van der Waals surface area contributed by atoms with Gasteiger partial charge in [-0.05, 0) is 61.7 Å². The fourth-order valence-electron chi connectivity index (χ4n) is 3.70. The molecule has 2 aromatic carbocycles. The highest BCUT2D eigenvalue weighted by Crippen LogP contribution is 2.26. The van der Waals surface area contributed by atoms with E-state index < -0.39 is 10.0 Å². The summed E-state index contributed by atoms with van der Waals surface area (Å²) in [5, 5.41) is 1.03. The van der Waals surface area contributed by atoms with E-state index in [1.165, 1.54) is 24.3 Å². The molecule has 1 fully saturated rings. The molecule has 1 amide bonds. The molecule has 1 aliphatic heterocycles. The zero-order valence-electron chi connectivity index (χ0n) is 18.5. The lowest BCUT2D eigenvalue weighted by atomic mass is 9.97. The van der Waals surface area contributed by atoms with Gasteiger partial charge in [-0.3, -0.25) is 9.59 Å². The van der Waals surface area contributed by atoms with Crippen molar-refractivity contribution in [3.63, 3.8) is 0 Å². The average molecular weight is 548 g/mol. The number of piperidine rings is 1. The van der Waals surface area contributed by atoms with E-state index in [9.17, 15) is 18.0 Å². The SMILES string of the molecule is CCOC(=O)C1CCN(C(=O)CN(Cc2ccc(Cl)c(Cl)c2)S(=O)(=O)c2ccc(Cl)cc2)CC1. The van der Waals surface area contributed by atoms with E-state index in [0.717, 1.165) is 4.31 Å². The molecule has 184 valence electrons. The van der Waals surface area contributed by atoms with Crippen LogP contribution in [-0.2, 0) is 30.9 Å². The van der Waals surface area contributed by atoms with Crippen molar-refractivity contribution < 1.29 is 22.7 Å². The van der Waals surface area contributed by atoms with E-state index in [1.54, 1.807) is 30.0 Å². The number of halogens is 3. The summed E-state index contributed by atoms with van der Waals surface area (Å²) in [5.41, 5.74) is 0.584. The molecule has 0 unspecified atom stereocenters. The first kappa shape index (κ1) is 26.8. The molecule has 34 heavy (non-hydrogen) atoms. The summed E-state index contributed by atoms with van der Waals surface area (Å²) in [6.07, 6.45) is 0.947. The van der Waals surface area contributed by atoms with Crippen molar-refractivity contribution in [1.82, 2.24) is 9.21 Å². The fourth-order valence-corrected chi connectivity index (χ4v) is 5.52. The molecule has 2 aromatic rings. The minimum Gasteiger partial charge on any atom is -0.466 e. The summed E-state index contributed by atoms with van der Waals surface area (Å²) < 4.78 is 33.0. The number of carbonyl (C=O) groups is 2. The lowest BCUT2D eigenvalue weighted by Gasteiger charge is -2.32. The summed E-state index contributed by atoms with van der Waals surface area (Å²) >= 11 is 18.0. The molecule has 0 atom stereocenters. The number of rotatable bonds is 8. The zero-order valence-corrected chi connectivity index (χ0v) is 21.6. The Balaban J connectivity index is 1.79. The van der Waals surface area contributed by atoms with Crippen LogP contribution < -0.4 is 0 Å². The van der Waals surface area contributed by atoms with Crippen LogP contribution in [0.25, 0.3) is 0 Å². The van der Waals surface area contributed by atoms with Gasteiger partial charge in [0, 0.05) is 24.7 Å². The van der Waals surface area contributed by atoms with Crippen LogP contribution >= 0.6 is 34.8 Å². The van der Waals surface area contributed by atoms with Crippen molar-refractivity contribution in [3.8, 4) is 0 Å². The zero-order chi connectivity index (χ0) is 24.9. The predicted molar refractivity (Wildman–Crippen MR) is 131 cm³/mol. The Hall–Kier alpha value is -1.84. The quantitative estimate of drug-likeness (QED) is 0.450. The summed E-state index contributed by atoms with van der Waals surface area (Å²) in [7, 11) is -4.03. The van der Waals surface area contributed by atoms with Crippen molar-refractivity contribution in [2.45, 2.75) is 31.2 Å². The number of nitrogens with zero attached hydrogens (tertiary/aromatic N) is 2. The number of sulfonamides is 1. The first-order valence-electron chi connectivity index (χ1n) is 10.8. The minimum atomic E-state index is -4.03. The van der Waals surface area contributed by atoms with Gasteiger partial charge in [-0.2, -0.15) is 4.31 Å². The molecule has 0 saturated carbocycles. The third-order valence-corrected chi connectivity index (χ3v) is 8.37. The number of benzene rings is 2. The van der Waals surface area contributed by atoms with Gasteiger partial charge in [-0.15, -0.1) is 0 Å². The van der Waals surface area contributed by atoms with Gasteiger partial charge in [0.15, 0.2) is 0 Å². The summed E-state index contributed by atoms with van der Waals surface area (Å²) in [6, 6.07) is 10.6. The smallest absolute Gasteiger partial charge is 0.309 e. The van der Waals surface area contributed by atoms with Gasteiger partial charge in [-0.25, -0.2) is 8.42 Å². The Morgan fingerprint density at radius 2 is 1.68 bits per heavy atom. The van der Waals surface area contributed by atoms with Crippen LogP contribution in [0.4, 0.5) is 0 Å². The Kier molecular flexibility index (Phi) is 9.23. The van der Waals surface area contributed by atoms with E-state index in [4.69, 9.17) is 39.5 Å². The molecule has 1 saturated heterocycles. The molecule has 7 nitrogen and oxygen atoms in total. The second-order valence-electron chi connectivity index (χ2n) is 7.88. The van der Waals surface area contributed by atoms with Gasteiger partial charge >= 0.3 is 5.97 Å². The second-order valence-corrected chi connectivity index (χ2v) is 11.1. The van der Waals surface area contributed by atoms with Gasteiger partial charge < -0.3 is 9.64 Å². The van der Waals surface area contributed by atoms with Crippen molar-refractivity contribution in [1.29, 1.82) is 0 Å². The summed E-state index contributed by atoms with van der Waals surface area (Å²) in [5.74, 6) is -0.866. The number of ether oxygens (including phenoxy) is 1. The van der Waals surface area contributed by atoms with Crippen LogP contribution in [0.15, 0.2) is 47.4 Å². The Bertz CT molecular complexity index is 1130. The van der Waals surface area contributed by atoms with Crippen molar-refractivity contribution in [3.05, 3.63) is 63.1 Å². The number of esters is 1. The number of carbonyl (C=O) groups excluding carboxylic acids is 2. The summed E-state index contributed by atoms with van der Waals surface area (Å²) in [4.78, 5) is 26.7.